The highest BCUT2D eigenvalue weighted by atomic mass is 19.3. The number of alkyl halides is 2. The van der Waals surface area contributed by atoms with Gasteiger partial charge in [-0.05, 0) is 31.0 Å². The average molecular weight is 369 g/mol. The van der Waals surface area contributed by atoms with Crippen LogP contribution in [0.5, 0.6) is 5.75 Å². The fourth-order valence-electron chi connectivity index (χ4n) is 2.73. The number of halogens is 2. The van der Waals surface area contributed by atoms with Crippen LogP contribution in [0, 0.1) is 0 Å². The molecule has 1 aromatic carbocycles. The molecule has 26 heavy (non-hydrogen) atoms. The van der Waals surface area contributed by atoms with Gasteiger partial charge in [-0.2, -0.15) is 0 Å². The molecule has 1 N–H and O–H groups in total. The number of hydrogen-bond acceptors (Lipinski definition) is 4. The summed E-state index contributed by atoms with van der Waals surface area (Å²) in [7, 11) is 3.28. The Balaban J connectivity index is 1.84. The molecule has 0 saturated carbocycles. The first-order chi connectivity index (χ1) is 12.3. The monoisotopic (exact) mass is 369 g/mol. The minimum absolute atomic E-state index is 0.0312. The maximum atomic E-state index is 12.4. The van der Waals surface area contributed by atoms with Crippen molar-refractivity contribution in [3.8, 4) is 5.75 Å². The number of nitrogens with zero attached hydrogens (tertiary/aromatic N) is 2. The number of likely N-dealkylation sites (tertiary alicyclic amines) is 1. The number of piperidine rings is 1. The van der Waals surface area contributed by atoms with Gasteiger partial charge in [0.05, 0.1) is 6.54 Å². The molecule has 0 unspecified atom stereocenters. The van der Waals surface area contributed by atoms with E-state index < -0.39 is 6.43 Å². The van der Waals surface area contributed by atoms with Gasteiger partial charge in [0, 0.05) is 38.8 Å². The summed E-state index contributed by atoms with van der Waals surface area (Å²) >= 11 is 0. The Morgan fingerprint density at radius 3 is 2.62 bits per heavy atom. The zero-order valence-electron chi connectivity index (χ0n) is 15.1. The Kier molecular flexibility index (Phi) is 7.32. The molecule has 1 heterocycles. The number of ether oxygens (including phenoxy) is 1. The van der Waals surface area contributed by atoms with Crippen molar-refractivity contribution in [1.82, 2.24) is 15.1 Å². The van der Waals surface area contributed by atoms with Crippen molar-refractivity contribution in [2.45, 2.75) is 25.3 Å². The Hall–Kier alpha value is -2.22. The fraction of sp³-hybridized carbons (Fsp3) is 0.556. The van der Waals surface area contributed by atoms with Gasteiger partial charge in [0.1, 0.15) is 5.75 Å². The Labute approximate surface area is 152 Å². The molecule has 8 heteroatoms. The van der Waals surface area contributed by atoms with Gasteiger partial charge in [-0.1, -0.05) is 6.07 Å². The van der Waals surface area contributed by atoms with E-state index in [1.807, 2.05) is 0 Å². The topological polar surface area (TPSA) is 61.9 Å². The first-order valence-corrected chi connectivity index (χ1v) is 8.59. The van der Waals surface area contributed by atoms with Crippen LogP contribution in [0.2, 0.25) is 0 Å². The van der Waals surface area contributed by atoms with Crippen molar-refractivity contribution in [2.24, 2.45) is 0 Å². The molecule has 2 rings (SSSR count). The summed E-state index contributed by atoms with van der Waals surface area (Å²) in [6.45, 7) is 0.780. The number of hydrogen-bond donors (Lipinski definition) is 1. The maximum absolute atomic E-state index is 12.4. The van der Waals surface area contributed by atoms with Crippen molar-refractivity contribution in [3.05, 3.63) is 29.8 Å². The first-order valence-electron chi connectivity index (χ1n) is 8.59. The number of likely N-dealkylation sites (N-methyl/N-ethyl adjacent to an activating group) is 1. The molecule has 1 fully saturated rings. The molecule has 1 aliphatic heterocycles. The van der Waals surface area contributed by atoms with E-state index in [0.717, 1.165) is 0 Å². The SMILES string of the molecule is CN(C)C(=O)COc1cccc(C(=O)NC2CCN(CC(F)F)CC2)c1. The lowest BCUT2D eigenvalue weighted by molar-refractivity contribution is -0.130. The van der Waals surface area contributed by atoms with Crippen LogP contribution in [0.1, 0.15) is 23.2 Å². The lowest BCUT2D eigenvalue weighted by atomic mass is 10.0. The maximum Gasteiger partial charge on any atom is 0.259 e. The van der Waals surface area contributed by atoms with Gasteiger partial charge in [0.2, 0.25) is 0 Å². The quantitative estimate of drug-likeness (QED) is 0.793. The molecular formula is C18H25F2N3O3. The Morgan fingerprint density at radius 2 is 2.00 bits per heavy atom. The van der Waals surface area contributed by atoms with E-state index in [2.05, 4.69) is 5.32 Å². The summed E-state index contributed by atoms with van der Waals surface area (Å²) in [4.78, 5) is 27.1. The summed E-state index contributed by atoms with van der Waals surface area (Å²) in [6.07, 6.45) is -1.04. The molecule has 1 aliphatic rings. The summed E-state index contributed by atoms with van der Waals surface area (Å²) in [5.41, 5.74) is 0.440. The number of carbonyl (C=O) groups excluding carboxylic acids is 2. The van der Waals surface area contributed by atoms with Gasteiger partial charge in [-0.15, -0.1) is 0 Å². The van der Waals surface area contributed by atoms with Crippen LogP contribution >= 0.6 is 0 Å². The largest absolute Gasteiger partial charge is 0.484 e. The predicted molar refractivity (Wildman–Crippen MR) is 93.6 cm³/mol. The minimum Gasteiger partial charge on any atom is -0.484 e. The fourth-order valence-corrected chi connectivity index (χ4v) is 2.73. The highest BCUT2D eigenvalue weighted by Gasteiger charge is 2.23. The minimum atomic E-state index is -2.33. The Morgan fingerprint density at radius 1 is 1.31 bits per heavy atom. The van der Waals surface area contributed by atoms with Gasteiger partial charge < -0.3 is 15.0 Å². The lowest BCUT2D eigenvalue weighted by Gasteiger charge is -2.32. The van der Waals surface area contributed by atoms with E-state index in [0.29, 0.717) is 37.2 Å². The standard InChI is InChI=1S/C18H25F2N3O3/c1-22(2)17(24)12-26-15-5-3-4-13(10-15)18(25)21-14-6-8-23(9-7-14)11-16(19)20/h3-5,10,14,16H,6-9,11-12H2,1-2H3,(H,21,25). The van der Waals surface area contributed by atoms with Crippen LogP contribution in [-0.4, -0.2) is 74.4 Å². The molecule has 0 aliphatic carbocycles. The molecule has 144 valence electrons. The van der Waals surface area contributed by atoms with Gasteiger partial charge in [-0.3, -0.25) is 14.5 Å². The molecule has 0 atom stereocenters. The van der Waals surface area contributed by atoms with Crippen molar-refractivity contribution in [1.29, 1.82) is 0 Å². The number of benzene rings is 1. The van der Waals surface area contributed by atoms with Crippen molar-refractivity contribution in [2.75, 3.05) is 40.3 Å². The molecule has 0 spiro atoms. The van der Waals surface area contributed by atoms with Crippen LogP contribution in [-0.2, 0) is 4.79 Å². The summed E-state index contributed by atoms with van der Waals surface area (Å²) in [5, 5.41) is 2.94. The second kappa shape index (κ2) is 9.47. The van der Waals surface area contributed by atoms with Crippen LogP contribution in [0.25, 0.3) is 0 Å². The van der Waals surface area contributed by atoms with E-state index >= 15 is 0 Å². The summed E-state index contributed by atoms with van der Waals surface area (Å²) in [6, 6.07) is 6.60. The molecule has 1 aromatic rings. The molecule has 2 amide bonds. The van der Waals surface area contributed by atoms with Crippen molar-refractivity contribution < 1.29 is 23.1 Å². The van der Waals surface area contributed by atoms with E-state index in [-0.39, 0.29) is 31.0 Å². The smallest absolute Gasteiger partial charge is 0.259 e. The third-order valence-electron chi connectivity index (χ3n) is 4.28. The molecule has 6 nitrogen and oxygen atoms in total. The van der Waals surface area contributed by atoms with E-state index in [1.165, 1.54) is 4.90 Å². The zero-order valence-corrected chi connectivity index (χ0v) is 15.1. The normalized spacial score (nSPS) is 15.7. The van der Waals surface area contributed by atoms with Gasteiger partial charge in [0.25, 0.3) is 18.2 Å². The third kappa shape index (κ3) is 6.25. The molecule has 0 aromatic heterocycles. The predicted octanol–water partition coefficient (Wildman–Crippen LogP) is 1.61. The summed E-state index contributed by atoms with van der Waals surface area (Å²) in [5.74, 6) is 0.0386. The van der Waals surface area contributed by atoms with Gasteiger partial charge >= 0.3 is 0 Å². The third-order valence-corrected chi connectivity index (χ3v) is 4.28. The van der Waals surface area contributed by atoms with E-state index in [9.17, 15) is 18.4 Å². The lowest BCUT2D eigenvalue weighted by Crippen LogP contribution is -2.45. The van der Waals surface area contributed by atoms with E-state index in [1.54, 1.807) is 43.3 Å². The highest BCUT2D eigenvalue weighted by Crippen LogP contribution is 2.16. The van der Waals surface area contributed by atoms with Gasteiger partial charge in [0.15, 0.2) is 6.61 Å². The van der Waals surface area contributed by atoms with Crippen LogP contribution in [0.15, 0.2) is 24.3 Å². The van der Waals surface area contributed by atoms with Crippen LogP contribution in [0.4, 0.5) is 8.78 Å². The first kappa shape index (κ1) is 20.1. The number of rotatable bonds is 7. The molecule has 1 saturated heterocycles. The average Bonchev–Trinajstić information content (AvgIpc) is 2.61. The molecule has 0 bridgehead atoms. The molecular weight excluding hydrogens is 344 g/mol. The summed E-state index contributed by atoms with van der Waals surface area (Å²) < 4.78 is 30.2. The second-order valence-corrected chi connectivity index (χ2v) is 6.54. The van der Waals surface area contributed by atoms with Gasteiger partial charge in [-0.25, -0.2) is 8.78 Å². The van der Waals surface area contributed by atoms with Crippen LogP contribution in [0.3, 0.4) is 0 Å². The highest BCUT2D eigenvalue weighted by molar-refractivity contribution is 5.94. The Bertz CT molecular complexity index is 617. The zero-order chi connectivity index (χ0) is 19.1. The van der Waals surface area contributed by atoms with Crippen LogP contribution < -0.4 is 10.1 Å². The number of nitrogens with one attached hydrogen (secondary N) is 1. The van der Waals surface area contributed by atoms with Crippen molar-refractivity contribution >= 4 is 11.8 Å². The van der Waals surface area contributed by atoms with Crippen molar-refractivity contribution in [3.63, 3.8) is 0 Å². The number of amides is 2. The second-order valence-electron chi connectivity index (χ2n) is 6.54. The van der Waals surface area contributed by atoms with E-state index in [4.69, 9.17) is 4.74 Å². The number of carbonyl (C=O) groups is 2. The molecule has 0 radical (unpaired) electrons.